The normalized spacial score (nSPS) is 20.0. The fourth-order valence-electron chi connectivity index (χ4n) is 2.16. The van der Waals surface area contributed by atoms with Crippen LogP contribution in [-0.2, 0) is 9.53 Å². The summed E-state index contributed by atoms with van der Waals surface area (Å²) in [4.78, 5) is 25.2. The van der Waals surface area contributed by atoms with Crippen LogP contribution in [0.4, 0.5) is 4.79 Å². The quantitative estimate of drug-likeness (QED) is 0.855. The molecular formula is C14H26N2O3. The minimum atomic E-state index is -0.504. The second-order valence-corrected chi connectivity index (χ2v) is 6.27. The van der Waals surface area contributed by atoms with Crippen molar-refractivity contribution in [1.29, 1.82) is 0 Å². The molecule has 1 N–H and O–H groups in total. The second kappa shape index (κ2) is 6.78. The van der Waals surface area contributed by atoms with Crippen molar-refractivity contribution >= 4 is 12.0 Å². The van der Waals surface area contributed by atoms with Crippen LogP contribution < -0.4 is 5.32 Å². The molecule has 0 saturated carbocycles. The molecule has 1 aliphatic rings. The molecule has 2 amide bonds. The van der Waals surface area contributed by atoms with Crippen molar-refractivity contribution in [3.8, 4) is 0 Å². The van der Waals surface area contributed by atoms with E-state index in [1.165, 1.54) is 6.42 Å². The maximum Gasteiger partial charge on any atom is 0.407 e. The van der Waals surface area contributed by atoms with Gasteiger partial charge in [-0.3, -0.25) is 4.79 Å². The molecule has 0 bridgehead atoms. The van der Waals surface area contributed by atoms with E-state index in [4.69, 9.17) is 4.74 Å². The topological polar surface area (TPSA) is 58.6 Å². The Morgan fingerprint density at radius 1 is 1.37 bits per heavy atom. The van der Waals surface area contributed by atoms with Crippen molar-refractivity contribution in [2.75, 3.05) is 19.6 Å². The molecule has 19 heavy (non-hydrogen) atoms. The summed E-state index contributed by atoms with van der Waals surface area (Å²) >= 11 is 0. The molecule has 1 atom stereocenters. The van der Waals surface area contributed by atoms with Crippen LogP contribution in [0.2, 0.25) is 0 Å². The van der Waals surface area contributed by atoms with Gasteiger partial charge in [0.15, 0.2) is 0 Å². The summed E-state index contributed by atoms with van der Waals surface area (Å²) in [6, 6.07) is 0. The van der Waals surface area contributed by atoms with E-state index in [1.54, 1.807) is 0 Å². The number of nitrogens with zero attached hydrogens (tertiary/aromatic N) is 1. The Balaban J connectivity index is 2.21. The lowest BCUT2D eigenvalue weighted by atomic mass is 10.00. The first-order valence-electron chi connectivity index (χ1n) is 7.02. The molecule has 110 valence electrons. The Morgan fingerprint density at radius 3 is 2.63 bits per heavy atom. The van der Waals surface area contributed by atoms with Crippen LogP contribution >= 0.6 is 0 Å². The number of likely N-dealkylation sites (tertiary alicyclic amines) is 1. The zero-order valence-corrected chi connectivity index (χ0v) is 12.5. The number of carbonyl (C=O) groups excluding carboxylic acids is 2. The number of carbonyl (C=O) groups is 2. The first-order valence-corrected chi connectivity index (χ1v) is 7.02. The average Bonchev–Trinajstić information content (AvgIpc) is 2.26. The van der Waals surface area contributed by atoms with Crippen LogP contribution in [0.5, 0.6) is 0 Å². The molecule has 0 spiro atoms. The number of rotatable bonds is 3. The molecule has 5 nitrogen and oxygen atoms in total. The van der Waals surface area contributed by atoms with Gasteiger partial charge in [-0.25, -0.2) is 4.79 Å². The molecule has 5 heteroatoms. The molecule has 0 unspecified atom stereocenters. The van der Waals surface area contributed by atoms with E-state index in [-0.39, 0.29) is 5.91 Å². The van der Waals surface area contributed by atoms with Crippen LogP contribution in [0.3, 0.4) is 0 Å². The van der Waals surface area contributed by atoms with Gasteiger partial charge in [-0.2, -0.15) is 0 Å². The smallest absolute Gasteiger partial charge is 0.407 e. The number of amides is 2. The molecule has 0 aliphatic carbocycles. The van der Waals surface area contributed by atoms with Crippen molar-refractivity contribution in [2.45, 2.75) is 52.6 Å². The van der Waals surface area contributed by atoms with Gasteiger partial charge in [0, 0.05) is 26.1 Å². The molecule has 0 aromatic rings. The Bertz CT molecular complexity index is 323. The van der Waals surface area contributed by atoms with Crippen LogP contribution in [0.25, 0.3) is 0 Å². The highest BCUT2D eigenvalue weighted by Gasteiger charge is 2.21. The van der Waals surface area contributed by atoms with E-state index in [0.717, 1.165) is 19.5 Å². The summed E-state index contributed by atoms with van der Waals surface area (Å²) in [7, 11) is 0. The maximum atomic E-state index is 11.9. The van der Waals surface area contributed by atoms with E-state index in [9.17, 15) is 9.59 Å². The van der Waals surface area contributed by atoms with Gasteiger partial charge in [-0.1, -0.05) is 6.92 Å². The lowest BCUT2D eigenvalue weighted by Gasteiger charge is -2.31. The predicted octanol–water partition coefficient (Wildman–Crippen LogP) is 2.16. The fraction of sp³-hybridized carbons (Fsp3) is 0.857. The summed E-state index contributed by atoms with van der Waals surface area (Å²) in [5, 5.41) is 2.61. The van der Waals surface area contributed by atoms with Gasteiger partial charge in [0.05, 0.1) is 0 Å². The first-order chi connectivity index (χ1) is 8.78. The molecular weight excluding hydrogens is 244 g/mol. The van der Waals surface area contributed by atoms with Crippen molar-refractivity contribution in [1.82, 2.24) is 10.2 Å². The van der Waals surface area contributed by atoms with Crippen LogP contribution in [-0.4, -0.2) is 42.1 Å². The van der Waals surface area contributed by atoms with Gasteiger partial charge in [0.2, 0.25) is 5.91 Å². The Hall–Kier alpha value is -1.26. The van der Waals surface area contributed by atoms with Gasteiger partial charge in [0.1, 0.15) is 5.60 Å². The third kappa shape index (κ3) is 6.45. The molecule has 1 rings (SSSR count). The number of piperidine rings is 1. The summed E-state index contributed by atoms with van der Waals surface area (Å²) in [5.41, 5.74) is -0.504. The molecule has 1 saturated heterocycles. The van der Waals surface area contributed by atoms with Crippen LogP contribution in [0.15, 0.2) is 0 Å². The SMILES string of the molecule is C[C@@H]1CCCN(C(=O)CCNC(=O)OC(C)(C)C)C1. The third-order valence-electron chi connectivity index (χ3n) is 3.02. The Kier molecular flexibility index (Phi) is 5.63. The standard InChI is InChI=1S/C14H26N2O3/c1-11-6-5-9-16(10-11)12(17)7-8-15-13(18)19-14(2,3)4/h11H,5-10H2,1-4H3,(H,15,18)/t11-/m1/s1. The molecule has 0 aromatic heterocycles. The third-order valence-corrected chi connectivity index (χ3v) is 3.02. The zero-order valence-electron chi connectivity index (χ0n) is 12.5. The van der Waals surface area contributed by atoms with Gasteiger partial charge in [-0.15, -0.1) is 0 Å². The van der Waals surface area contributed by atoms with Gasteiger partial charge in [0.25, 0.3) is 0 Å². The summed E-state index contributed by atoms with van der Waals surface area (Å²) < 4.78 is 5.11. The monoisotopic (exact) mass is 270 g/mol. The predicted molar refractivity (Wildman–Crippen MR) is 73.8 cm³/mol. The van der Waals surface area contributed by atoms with E-state index >= 15 is 0 Å². The Labute approximate surface area is 115 Å². The van der Waals surface area contributed by atoms with Gasteiger partial charge in [-0.05, 0) is 39.5 Å². The minimum absolute atomic E-state index is 0.114. The molecule has 1 aliphatic heterocycles. The summed E-state index contributed by atoms with van der Waals surface area (Å²) in [6.45, 7) is 9.62. The van der Waals surface area contributed by atoms with Gasteiger partial charge < -0.3 is 15.0 Å². The summed E-state index contributed by atoms with van der Waals surface area (Å²) in [5.74, 6) is 0.694. The molecule has 1 fully saturated rings. The van der Waals surface area contributed by atoms with Crippen molar-refractivity contribution < 1.29 is 14.3 Å². The van der Waals surface area contributed by atoms with Crippen molar-refractivity contribution in [2.24, 2.45) is 5.92 Å². The highest BCUT2D eigenvalue weighted by Crippen LogP contribution is 2.15. The largest absolute Gasteiger partial charge is 0.444 e. The molecule has 1 heterocycles. The van der Waals surface area contributed by atoms with E-state index in [0.29, 0.717) is 18.9 Å². The molecule has 0 radical (unpaired) electrons. The minimum Gasteiger partial charge on any atom is -0.444 e. The van der Waals surface area contributed by atoms with Crippen molar-refractivity contribution in [3.05, 3.63) is 0 Å². The second-order valence-electron chi connectivity index (χ2n) is 6.27. The molecule has 0 aromatic carbocycles. The first kappa shape index (κ1) is 15.8. The number of alkyl carbamates (subject to hydrolysis) is 1. The van der Waals surface area contributed by atoms with E-state index in [2.05, 4.69) is 12.2 Å². The number of hydrogen-bond acceptors (Lipinski definition) is 3. The fourth-order valence-corrected chi connectivity index (χ4v) is 2.16. The highest BCUT2D eigenvalue weighted by atomic mass is 16.6. The highest BCUT2D eigenvalue weighted by molar-refractivity contribution is 5.77. The Morgan fingerprint density at radius 2 is 2.05 bits per heavy atom. The summed E-state index contributed by atoms with van der Waals surface area (Å²) in [6.07, 6.45) is 2.14. The van der Waals surface area contributed by atoms with Gasteiger partial charge >= 0.3 is 6.09 Å². The lowest BCUT2D eigenvalue weighted by Crippen LogP contribution is -2.41. The number of hydrogen-bond donors (Lipinski definition) is 1. The van der Waals surface area contributed by atoms with Crippen molar-refractivity contribution in [3.63, 3.8) is 0 Å². The average molecular weight is 270 g/mol. The van der Waals surface area contributed by atoms with E-state index < -0.39 is 11.7 Å². The van der Waals surface area contributed by atoms with E-state index in [1.807, 2.05) is 25.7 Å². The van der Waals surface area contributed by atoms with Crippen LogP contribution in [0.1, 0.15) is 47.0 Å². The number of ether oxygens (including phenoxy) is 1. The zero-order chi connectivity index (χ0) is 14.5. The van der Waals surface area contributed by atoms with Crippen LogP contribution in [0, 0.1) is 5.92 Å². The lowest BCUT2D eigenvalue weighted by molar-refractivity contribution is -0.132. The number of nitrogens with one attached hydrogen (secondary N) is 1. The maximum absolute atomic E-state index is 11.9.